The number of benzene rings is 1. The van der Waals surface area contributed by atoms with Crippen molar-refractivity contribution in [3.05, 3.63) is 35.1 Å². The fourth-order valence-electron chi connectivity index (χ4n) is 2.02. The summed E-state index contributed by atoms with van der Waals surface area (Å²) in [6.07, 6.45) is 2.38. The van der Waals surface area contributed by atoms with Crippen LogP contribution in [0.5, 0.6) is 0 Å². The van der Waals surface area contributed by atoms with Crippen LogP contribution in [0.3, 0.4) is 0 Å². The Hall–Kier alpha value is -1.46. The molecule has 0 spiro atoms. The monoisotopic (exact) mass is 252 g/mol. The van der Waals surface area contributed by atoms with Crippen LogP contribution >= 0.6 is 0 Å². The third-order valence-electron chi connectivity index (χ3n) is 3.05. The van der Waals surface area contributed by atoms with Crippen molar-refractivity contribution in [1.82, 2.24) is 5.32 Å². The SMILES string of the molecule is NC(=O)c1ccc(CNCC2CCCO2)c(F)c1. The van der Waals surface area contributed by atoms with Gasteiger partial charge in [-0.15, -0.1) is 0 Å². The first-order valence-corrected chi connectivity index (χ1v) is 6.07. The molecule has 1 saturated heterocycles. The topological polar surface area (TPSA) is 64.4 Å². The van der Waals surface area contributed by atoms with Crippen LogP contribution in [0.2, 0.25) is 0 Å². The zero-order chi connectivity index (χ0) is 13.0. The van der Waals surface area contributed by atoms with Gasteiger partial charge in [-0.1, -0.05) is 6.07 Å². The van der Waals surface area contributed by atoms with E-state index in [1.54, 1.807) is 6.07 Å². The third-order valence-corrected chi connectivity index (χ3v) is 3.05. The van der Waals surface area contributed by atoms with Crippen LogP contribution in [0.4, 0.5) is 4.39 Å². The molecule has 0 bridgehead atoms. The van der Waals surface area contributed by atoms with E-state index >= 15 is 0 Å². The number of carbonyl (C=O) groups excluding carboxylic acids is 1. The van der Waals surface area contributed by atoms with Gasteiger partial charge < -0.3 is 15.8 Å². The molecule has 1 amide bonds. The van der Waals surface area contributed by atoms with E-state index in [0.29, 0.717) is 12.1 Å². The lowest BCUT2D eigenvalue weighted by Gasteiger charge is -2.11. The van der Waals surface area contributed by atoms with Crippen molar-refractivity contribution in [2.75, 3.05) is 13.2 Å². The van der Waals surface area contributed by atoms with Crippen molar-refractivity contribution in [1.29, 1.82) is 0 Å². The molecule has 0 radical (unpaired) electrons. The van der Waals surface area contributed by atoms with Gasteiger partial charge in [-0.2, -0.15) is 0 Å². The zero-order valence-corrected chi connectivity index (χ0v) is 10.1. The molecule has 2 rings (SSSR count). The molecule has 5 heteroatoms. The van der Waals surface area contributed by atoms with E-state index in [1.165, 1.54) is 12.1 Å². The van der Waals surface area contributed by atoms with Crippen molar-refractivity contribution < 1.29 is 13.9 Å². The van der Waals surface area contributed by atoms with Gasteiger partial charge in [0.2, 0.25) is 5.91 Å². The molecule has 3 N–H and O–H groups in total. The zero-order valence-electron chi connectivity index (χ0n) is 10.1. The highest BCUT2D eigenvalue weighted by atomic mass is 19.1. The lowest BCUT2D eigenvalue weighted by atomic mass is 10.1. The highest BCUT2D eigenvalue weighted by Gasteiger charge is 2.15. The van der Waals surface area contributed by atoms with Crippen molar-refractivity contribution in [3.63, 3.8) is 0 Å². The molecule has 1 aliphatic heterocycles. The first-order chi connectivity index (χ1) is 8.66. The molecule has 1 unspecified atom stereocenters. The van der Waals surface area contributed by atoms with E-state index in [-0.39, 0.29) is 11.7 Å². The Morgan fingerprint density at radius 2 is 2.39 bits per heavy atom. The normalized spacial score (nSPS) is 19.1. The Balaban J connectivity index is 1.87. The van der Waals surface area contributed by atoms with Gasteiger partial charge in [-0.05, 0) is 25.0 Å². The van der Waals surface area contributed by atoms with Crippen LogP contribution in [0.15, 0.2) is 18.2 Å². The molecule has 1 aromatic rings. The van der Waals surface area contributed by atoms with Crippen LogP contribution < -0.4 is 11.1 Å². The van der Waals surface area contributed by atoms with E-state index in [2.05, 4.69) is 5.32 Å². The van der Waals surface area contributed by atoms with Gasteiger partial charge in [0, 0.05) is 30.8 Å². The maximum Gasteiger partial charge on any atom is 0.248 e. The fraction of sp³-hybridized carbons (Fsp3) is 0.462. The van der Waals surface area contributed by atoms with Crippen molar-refractivity contribution in [3.8, 4) is 0 Å². The fourth-order valence-corrected chi connectivity index (χ4v) is 2.02. The number of nitrogens with two attached hydrogens (primary N) is 1. The number of nitrogens with one attached hydrogen (secondary N) is 1. The van der Waals surface area contributed by atoms with Gasteiger partial charge in [0.15, 0.2) is 0 Å². The van der Waals surface area contributed by atoms with E-state index in [4.69, 9.17) is 10.5 Å². The quantitative estimate of drug-likeness (QED) is 0.827. The molecule has 0 aromatic heterocycles. The molecule has 1 heterocycles. The number of hydrogen-bond donors (Lipinski definition) is 2. The Kier molecular flexibility index (Phi) is 4.28. The van der Waals surface area contributed by atoms with Gasteiger partial charge in [-0.25, -0.2) is 4.39 Å². The standard InChI is InChI=1S/C13H17FN2O2/c14-12-6-9(13(15)17)3-4-10(12)7-16-8-11-2-1-5-18-11/h3-4,6,11,16H,1-2,5,7-8H2,(H2,15,17). The number of ether oxygens (including phenoxy) is 1. The van der Waals surface area contributed by atoms with Gasteiger partial charge in [-0.3, -0.25) is 4.79 Å². The molecule has 0 aliphatic carbocycles. The minimum atomic E-state index is -0.618. The summed E-state index contributed by atoms with van der Waals surface area (Å²) < 4.78 is 19.1. The molecule has 18 heavy (non-hydrogen) atoms. The van der Waals surface area contributed by atoms with E-state index in [0.717, 1.165) is 26.0 Å². The summed E-state index contributed by atoms with van der Waals surface area (Å²) in [5.74, 6) is -1.03. The lowest BCUT2D eigenvalue weighted by molar-refractivity contribution is 0.1000. The minimum Gasteiger partial charge on any atom is -0.377 e. The number of hydrogen-bond acceptors (Lipinski definition) is 3. The summed E-state index contributed by atoms with van der Waals surface area (Å²) in [5.41, 5.74) is 5.79. The lowest BCUT2D eigenvalue weighted by Crippen LogP contribution is -2.26. The molecule has 1 aromatic carbocycles. The Morgan fingerprint density at radius 3 is 3.00 bits per heavy atom. The van der Waals surface area contributed by atoms with Crippen LogP contribution in [-0.2, 0) is 11.3 Å². The summed E-state index contributed by atoms with van der Waals surface area (Å²) in [6, 6.07) is 4.29. The third kappa shape index (κ3) is 3.27. The summed E-state index contributed by atoms with van der Waals surface area (Å²) in [6.45, 7) is 1.95. The summed E-state index contributed by atoms with van der Waals surface area (Å²) in [7, 11) is 0. The van der Waals surface area contributed by atoms with Crippen molar-refractivity contribution in [2.24, 2.45) is 5.73 Å². The first-order valence-electron chi connectivity index (χ1n) is 6.07. The van der Waals surface area contributed by atoms with Gasteiger partial charge in [0.05, 0.1) is 6.10 Å². The van der Waals surface area contributed by atoms with E-state index in [9.17, 15) is 9.18 Å². The largest absolute Gasteiger partial charge is 0.377 e. The average molecular weight is 252 g/mol. The number of halogens is 1. The average Bonchev–Trinajstić information content (AvgIpc) is 2.84. The van der Waals surface area contributed by atoms with Gasteiger partial charge in [0.25, 0.3) is 0 Å². The molecule has 1 fully saturated rings. The van der Waals surface area contributed by atoms with E-state index < -0.39 is 11.7 Å². The molecule has 1 aliphatic rings. The maximum absolute atomic E-state index is 13.6. The number of carbonyl (C=O) groups is 1. The Bertz CT molecular complexity index is 431. The van der Waals surface area contributed by atoms with E-state index in [1.807, 2.05) is 0 Å². The molecule has 1 atom stereocenters. The number of primary amides is 1. The molecular formula is C13H17FN2O2. The number of rotatable bonds is 5. The van der Waals surface area contributed by atoms with Crippen LogP contribution in [0, 0.1) is 5.82 Å². The van der Waals surface area contributed by atoms with Crippen molar-refractivity contribution in [2.45, 2.75) is 25.5 Å². The van der Waals surface area contributed by atoms with Crippen LogP contribution in [0.1, 0.15) is 28.8 Å². The van der Waals surface area contributed by atoms with Crippen LogP contribution in [0.25, 0.3) is 0 Å². The predicted molar refractivity (Wildman–Crippen MR) is 65.6 cm³/mol. The molecule has 4 nitrogen and oxygen atoms in total. The maximum atomic E-state index is 13.6. The Labute approximate surface area is 105 Å². The molecule has 98 valence electrons. The second-order valence-electron chi connectivity index (χ2n) is 4.44. The van der Waals surface area contributed by atoms with Gasteiger partial charge >= 0.3 is 0 Å². The van der Waals surface area contributed by atoms with Crippen LogP contribution in [-0.4, -0.2) is 25.2 Å². The molecular weight excluding hydrogens is 235 g/mol. The predicted octanol–water partition coefficient (Wildman–Crippen LogP) is 1.19. The summed E-state index contributed by atoms with van der Waals surface area (Å²) in [5, 5.41) is 3.15. The summed E-state index contributed by atoms with van der Waals surface area (Å²) in [4.78, 5) is 10.9. The Morgan fingerprint density at radius 1 is 1.56 bits per heavy atom. The summed E-state index contributed by atoms with van der Waals surface area (Å²) >= 11 is 0. The second-order valence-corrected chi connectivity index (χ2v) is 4.44. The first kappa shape index (κ1) is 13.0. The molecule has 0 saturated carbocycles. The highest BCUT2D eigenvalue weighted by molar-refractivity contribution is 5.92. The van der Waals surface area contributed by atoms with Gasteiger partial charge in [0.1, 0.15) is 5.82 Å². The smallest absolute Gasteiger partial charge is 0.248 e. The second kappa shape index (κ2) is 5.93. The highest BCUT2D eigenvalue weighted by Crippen LogP contribution is 2.12. The number of amides is 1. The van der Waals surface area contributed by atoms with Crippen molar-refractivity contribution >= 4 is 5.91 Å². The minimum absolute atomic E-state index is 0.190.